The summed E-state index contributed by atoms with van der Waals surface area (Å²) in [5.74, 6) is -1.48. The molecule has 0 atom stereocenters. The van der Waals surface area contributed by atoms with Crippen LogP contribution in [0, 0.1) is 22.7 Å². The molecule has 0 aliphatic heterocycles. The van der Waals surface area contributed by atoms with Gasteiger partial charge in [0, 0.05) is 0 Å². The van der Waals surface area contributed by atoms with Gasteiger partial charge in [0.2, 0.25) is 0 Å². The Balaban J connectivity index is 3.46. The molecule has 102 valence electrons. The largest absolute Gasteiger partial charge is 0.462 e. The number of benzene rings is 1. The lowest BCUT2D eigenvalue weighted by atomic mass is 9.99. The fraction of sp³-hybridized carbons (Fsp3) is 0.286. The van der Waals surface area contributed by atoms with Gasteiger partial charge in [-0.1, -0.05) is 0 Å². The number of ether oxygens (including phenoxy) is 2. The van der Waals surface area contributed by atoms with Crippen LogP contribution in [-0.2, 0) is 9.47 Å². The van der Waals surface area contributed by atoms with Crippen molar-refractivity contribution in [2.24, 2.45) is 0 Å². The molecule has 0 unspecified atom stereocenters. The SMILES string of the molecule is CCOC(=O)c1cc(C#N)c(C#N)cc1C(=O)OCC. The van der Waals surface area contributed by atoms with E-state index >= 15 is 0 Å². The van der Waals surface area contributed by atoms with Gasteiger partial charge in [0.1, 0.15) is 12.1 Å². The van der Waals surface area contributed by atoms with Gasteiger partial charge in [0.15, 0.2) is 0 Å². The summed E-state index contributed by atoms with van der Waals surface area (Å²) in [4.78, 5) is 23.6. The lowest BCUT2D eigenvalue weighted by molar-refractivity contribution is 0.0479. The Kier molecular flexibility index (Phi) is 5.25. The first kappa shape index (κ1) is 15.2. The highest BCUT2D eigenvalue weighted by molar-refractivity contribution is 6.03. The van der Waals surface area contributed by atoms with E-state index in [-0.39, 0.29) is 35.5 Å². The molecule has 0 heterocycles. The van der Waals surface area contributed by atoms with Crippen molar-refractivity contribution >= 4 is 11.9 Å². The van der Waals surface area contributed by atoms with Gasteiger partial charge in [0.25, 0.3) is 0 Å². The van der Waals surface area contributed by atoms with Crippen LogP contribution in [0.25, 0.3) is 0 Å². The third-order valence-electron chi connectivity index (χ3n) is 2.39. The minimum atomic E-state index is -0.739. The molecule has 0 radical (unpaired) electrons. The van der Waals surface area contributed by atoms with Crippen molar-refractivity contribution in [1.29, 1.82) is 10.5 Å². The van der Waals surface area contributed by atoms with Crippen LogP contribution in [0.4, 0.5) is 0 Å². The van der Waals surface area contributed by atoms with E-state index in [0.717, 1.165) is 0 Å². The van der Waals surface area contributed by atoms with Crippen LogP contribution < -0.4 is 0 Å². The minimum absolute atomic E-state index is 0.00333. The molecule has 0 N–H and O–H groups in total. The van der Waals surface area contributed by atoms with Crippen molar-refractivity contribution in [2.75, 3.05) is 13.2 Å². The number of esters is 2. The second-order valence-corrected chi connectivity index (χ2v) is 3.61. The molecule has 0 saturated heterocycles. The van der Waals surface area contributed by atoms with Gasteiger partial charge >= 0.3 is 11.9 Å². The van der Waals surface area contributed by atoms with Gasteiger partial charge in [-0.25, -0.2) is 9.59 Å². The Labute approximate surface area is 116 Å². The number of rotatable bonds is 4. The van der Waals surface area contributed by atoms with Gasteiger partial charge < -0.3 is 9.47 Å². The van der Waals surface area contributed by atoms with E-state index in [2.05, 4.69) is 0 Å². The van der Waals surface area contributed by atoms with E-state index in [1.54, 1.807) is 26.0 Å². The topological polar surface area (TPSA) is 100 Å². The van der Waals surface area contributed by atoms with Crippen LogP contribution in [0.15, 0.2) is 12.1 Å². The number of hydrogen-bond acceptors (Lipinski definition) is 6. The van der Waals surface area contributed by atoms with Crippen LogP contribution in [-0.4, -0.2) is 25.2 Å². The van der Waals surface area contributed by atoms with Crippen molar-refractivity contribution in [2.45, 2.75) is 13.8 Å². The standard InChI is InChI=1S/C14H12N2O4/c1-3-19-13(17)11-5-9(7-15)10(8-16)6-12(11)14(18)20-4-2/h5-6H,3-4H2,1-2H3. The van der Waals surface area contributed by atoms with Crippen molar-refractivity contribution in [3.63, 3.8) is 0 Å². The second-order valence-electron chi connectivity index (χ2n) is 3.61. The molecule has 0 aromatic heterocycles. The average Bonchev–Trinajstić information content (AvgIpc) is 2.46. The summed E-state index contributed by atoms with van der Waals surface area (Å²) < 4.78 is 9.66. The quantitative estimate of drug-likeness (QED) is 0.774. The molecule has 0 aliphatic rings. The van der Waals surface area contributed by atoms with Gasteiger partial charge in [0.05, 0.1) is 35.5 Å². The lowest BCUT2D eigenvalue weighted by Gasteiger charge is -2.09. The molecule has 1 aromatic rings. The zero-order valence-corrected chi connectivity index (χ0v) is 11.1. The number of hydrogen-bond donors (Lipinski definition) is 0. The van der Waals surface area contributed by atoms with E-state index in [1.165, 1.54) is 12.1 Å². The Morgan fingerprint density at radius 2 is 1.30 bits per heavy atom. The van der Waals surface area contributed by atoms with Crippen LogP contribution >= 0.6 is 0 Å². The molecule has 0 bridgehead atoms. The van der Waals surface area contributed by atoms with Gasteiger partial charge in [-0.05, 0) is 26.0 Å². The first-order valence-electron chi connectivity index (χ1n) is 5.91. The molecule has 6 heteroatoms. The van der Waals surface area contributed by atoms with Crippen LogP contribution in [0.2, 0.25) is 0 Å². The Hall–Kier alpha value is -2.86. The summed E-state index contributed by atoms with van der Waals surface area (Å²) in [5.41, 5.74) is -0.158. The molecule has 20 heavy (non-hydrogen) atoms. The summed E-state index contributed by atoms with van der Waals surface area (Å²) in [5, 5.41) is 17.9. The number of nitriles is 2. The van der Waals surface area contributed by atoms with E-state index < -0.39 is 11.9 Å². The Morgan fingerprint density at radius 3 is 1.55 bits per heavy atom. The van der Waals surface area contributed by atoms with E-state index in [1.807, 2.05) is 0 Å². The monoisotopic (exact) mass is 272 g/mol. The van der Waals surface area contributed by atoms with Gasteiger partial charge in [-0.15, -0.1) is 0 Å². The summed E-state index contributed by atoms with van der Waals surface area (Å²) >= 11 is 0. The molecule has 6 nitrogen and oxygen atoms in total. The normalized spacial score (nSPS) is 9.20. The predicted octanol–water partition coefficient (Wildman–Crippen LogP) is 1.78. The highest BCUT2D eigenvalue weighted by Crippen LogP contribution is 2.18. The zero-order chi connectivity index (χ0) is 15.1. The fourth-order valence-corrected chi connectivity index (χ4v) is 1.54. The third kappa shape index (κ3) is 3.12. The average molecular weight is 272 g/mol. The molecule has 0 saturated carbocycles. The van der Waals surface area contributed by atoms with Crippen molar-refractivity contribution in [3.05, 3.63) is 34.4 Å². The molecular formula is C14H12N2O4. The van der Waals surface area contributed by atoms with E-state index in [9.17, 15) is 9.59 Å². The maximum atomic E-state index is 11.8. The Bertz CT molecular complexity index is 568. The molecule has 1 aromatic carbocycles. The molecule has 0 aliphatic carbocycles. The highest BCUT2D eigenvalue weighted by atomic mass is 16.5. The lowest BCUT2D eigenvalue weighted by Crippen LogP contribution is -2.15. The molecule has 1 rings (SSSR count). The summed E-state index contributed by atoms with van der Waals surface area (Å²) in [7, 11) is 0. The maximum Gasteiger partial charge on any atom is 0.339 e. The van der Waals surface area contributed by atoms with Crippen molar-refractivity contribution in [1.82, 2.24) is 0 Å². The smallest absolute Gasteiger partial charge is 0.339 e. The second kappa shape index (κ2) is 6.91. The molecule has 0 spiro atoms. The number of carbonyl (C=O) groups excluding carboxylic acids is 2. The predicted molar refractivity (Wildman–Crippen MR) is 67.8 cm³/mol. The van der Waals surface area contributed by atoms with E-state index in [4.69, 9.17) is 20.0 Å². The summed E-state index contributed by atoms with van der Waals surface area (Å²) in [6.07, 6.45) is 0. The minimum Gasteiger partial charge on any atom is -0.462 e. The molecular weight excluding hydrogens is 260 g/mol. The van der Waals surface area contributed by atoms with Crippen molar-refractivity contribution < 1.29 is 19.1 Å². The van der Waals surface area contributed by atoms with Crippen LogP contribution in [0.5, 0.6) is 0 Å². The number of nitrogens with zero attached hydrogens (tertiary/aromatic N) is 2. The maximum absolute atomic E-state index is 11.8. The first-order valence-corrected chi connectivity index (χ1v) is 5.91. The summed E-state index contributed by atoms with van der Waals surface area (Å²) in [6, 6.07) is 5.94. The van der Waals surface area contributed by atoms with Gasteiger partial charge in [-0.3, -0.25) is 0 Å². The highest BCUT2D eigenvalue weighted by Gasteiger charge is 2.22. The van der Waals surface area contributed by atoms with E-state index in [0.29, 0.717) is 0 Å². The van der Waals surface area contributed by atoms with Crippen LogP contribution in [0.1, 0.15) is 45.7 Å². The third-order valence-corrected chi connectivity index (χ3v) is 2.39. The first-order chi connectivity index (χ1) is 9.58. The molecule has 0 amide bonds. The number of carbonyl (C=O) groups is 2. The van der Waals surface area contributed by atoms with Crippen LogP contribution in [0.3, 0.4) is 0 Å². The molecule has 0 fully saturated rings. The fourth-order valence-electron chi connectivity index (χ4n) is 1.54. The van der Waals surface area contributed by atoms with Gasteiger partial charge in [-0.2, -0.15) is 10.5 Å². The summed E-state index contributed by atoms with van der Waals surface area (Å²) in [6.45, 7) is 3.50. The zero-order valence-electron chi connectivity index (χ0n) is 11.1. The van der Waals surface area contributed by atoms with Crippen molar-refractivity contribution in [3.8, 4) is 12.1 Å². The Morgan fingerprint density at radius 1 is 0.950 bits per heavy atom.